The van der Waals surface area contributed by atoms with Crippen molar-refractivity contribution >= 4 is 45.3 Å². The van der Waals surface area contributed by atoms with Crippen molar-refractivity contribution in [2.75, 3.05) is 27.1 Å². The molecule has 59 heavy (non-hydrogen) atoms. The quantitative estimate of drug-likeness (QED) is 0.0844. The van der Waals surface area contributed by atoms with Gasteiger partial charge in [0.05, 0.1) is 20.3 Å². The number of aryl methyl sites for hydroxylation is 1. The van der Waals surface area contributed by atoms with Crippen LogP contribution in [-0.4, -0.2) is 27.1 Å². The average molecular weight is 832 g/mol. The highest BCUT2D eigenvalue weighted by Crippen LogP contribution is 2.48. The average Bonchev–Trinajstić information content (AvgIpc) is 3.26. The zero-order valence-corrected chi connectivity index (χ0v) is 34.7. The Bertz CT molecular complexity index is 2640. The van der Waals surface area contributed by atoms with E-state index in [1.54, 1.807) is 19.2 Å². The van der Waals surface area contributed by atoms with E-state index in [1.807, 2.05) is 61.5 Å². The van der Waals surface area contributed by atoms with E-state index in [9.17, 15) is 0 Å². The number of nitrogens with zero attached hydrogens (tertiary/aromatic N) is 2. The van der Waals surface area contributed by atoms with Crippen molar-refractivity contribution in [2.45, 2.75) is 58.3 Å². The fourth-order valence-corrected chi connectivity index (χ4v) is 8.28. The van der Waals surface area contributed by atoms with E-state index in [1.165, 1.54) is 31.2 Å². The van der Waals surface area contributed by atoms with Crippen molar-refractivity contribution < 1.29 is 33.2 Å². The maximum absolute atomic E-state index is 7.06. The van der Waals surface area contributed by atoms with Crippen LogP contribution in [0.2, 0.25) is 10.0 Å². The first-order valence-corrected chi connectivity index (χ1v) is 20.9. The number of ether oxygens (including phenoxy) is 7. The second kappa shape index (κ2) is 16.9. The monoisotopic (exact) mass is 830 g/mol. The Morgan fingerprint density at radius 1 is 0.627 bits per heavy atom. The summed E-state index contributed by atoms with van der Waals surface area (Å²) < 4.78 is 42.9. The van der Waals surface area contributed by atoms with E-state index >= 15 is 0 Å². The molecular weight excluding hydrogens is 787 g/mol. The van der Waals surface area contributed by atoms with Crippen LogP contribution in [0.5, 0.6) is 51.7 Å². The van der Waals surface area contributed by atoms with Crippen molar-refractivity contribution in [3.05, 3.63) is 123 Å². The lowest BCUT2D eigenvalue weighted by atomic mass is 9.79. The van der Waals surface area contributed by atoms with Gasteiger partial charge in [-0.2, -0.15) is 0 Å². The van der Waals surface area contributed by atoms with Gasteiger partial charge in [-0.3, -0.25) is 0 Å². The second-order valence-electron chi connectivity index (χ2n) is 15.3. The smallest absolute Gasteiger partial charge is 0.231 e. The summed E-state index contributed by atoms with van der Waals surface area (Å²) in [5.41, 5.74) is 3.63. The van der Waals surface area contributed by atoms with Crippen LogP contribution in [-0.2, 0) is 0 Å². The number of benzene rings is 6. The van der Waals surface area contributed by atoms with E-state index in [4.69, 9.17) is 66.3 Å². The summed E-state index contributed by atoms with van der Waals surface area (Å²) in [5, 5.41) is 2.88. The highest BCUT2D eigenvalue weighted by Gasteiger charge is 2.29. The zero-order chi connectivity index (χ0) is 40.5. The molecule has 9 rings (SSSR count). The maximum Gasteiger partial charge on any atom is 0.231 e. The Morgan fingerprint density at radius 3 is 2.00 bits per heavy atom. The number of hydrogen-bond donors (Lipinski definition) is 0. The van der Waals surface area contributed by atoms with Gasteiger partial charge in [0.15, 0.2) is 34.5 Å². The highest BCUT2D eigenvalue weighted by molar-refractivity contribution is 6.35. The molecule has 0 saturated heterocycles. The molecule has 2 aliphatic heterocycles. The molecule has 0 N–H and O–H groups in total. The van der Waals surface area contributed by atoms with Gasteiger partial charge in [0.2, 0.25) is 6.79 Å². The first kappa shape index (κ1) is 38.9. The topological polar surface area (TPSA) is 89.3 Å². The normalized spacial score (nSPS) is 16.2. The number of rotatable bonds is 13. The van der Waals surface area contributed by atoms with Crippen molar-refractivity contribution in [2.24, 2.45) is 15.9 Å². The molecule has 6 aromatic carbocycles. The first-order chi connectivity index (χ1) is 28.8. The summed E-state index contributed by atoms with van der Waals surface area (Å²) in [6.07, 6.45) is 6.71. The van der Waals surface area contributed by atoms with Crippen LogP contribution in [0.25, 0.3) is 10.8 Å². The fourth-order valence-electron chi connectivity index (χ4n) is 7.77. The first-order valence-electron chi connectivity index (χ1n) is 20.1. The van der Waals surface area contributed by atoms with Crippen LogP contribution >= 0.6 is 23.2 Å². The second-order valence-corrected chi connectivity index (χ2v) is 16.1. The number of methoxy groups -OCH3 is 1. The molecule has 6 aromatic rings. The Hall–Kier alpha value is -5.64. The predicted molar refractivity (Wildman–Crippen MR) is 230 cm³/mol. The van der Waals surface area contributed by atoms with Gasteiger partial charge in [0.25, 0.3) is 0 Å². The molecule has 9 nitrogen and oxygen atoms in total. The van der Waals surface area contributed by atoms with Gasteiger partial charge < -0.3 is 33.2 Å². The summed E-state index contributed by atoms with van der Waals surface area (Å²) in [6.45, 7) is 5.31. The summed E-state index contributed by atoms with van der Waals surface area (Å²) in [4.78, 5) is 9.79. The van der Waals surface area contributed by atoms with Gasteiger partial charge in [-0.1, -0.05) is 84.9 Å². The molecule has 0 aromatic heterocycles. The highest BCUT2D eigenvalue weighted by atomic mass is 35.5. The van der Waals surface area contributed by atoms with Crippen LogP contribution in [0, 0.1) is 12.8 Å². The fraction of sp³-hybridized carbons (Fsp3) is 0.292. The minimum atomic E-state index is -0.0608. The van der Waals surface area contributed by atoms with Crippen molar-refractivity contribution in [3.63, 3.8) is 0 Å². The third-order valence-electron chi connectivity index (χ3n) is 11.2. The van der Waals surface area contributed by atoms with Crippen LogP contribution in [0.15, 0.2) is 101 Å². The Kier molecular flexibility index (Phi) is 11.1. The number of halogens is 2. The molecule has 1 fully saturated rings. The molecule has 1 aliphatic carbocycles. The molecule has 0 amide bonds. The minimum Gasteiger partial charge on any atom is -0.497 e. The van der Waals surface area contributed by atoms with E-state index < -0.39 is 0 Å². The lowest BCUT2D eigenvalue weighted by Gasteiger charge is -2.26. The van der Waals surface area contributed by atoms with Gasteiger partial charge in [-0.05, 0) is 97.9 Å². The molecule has 1 saturated carbocycles. The van der Waals surface area contributed by atoms with Gasteiger partial charge >= 0.3 is 0 Å². The molecule has 0 radical (unpaired) electrons. The lowest BCUT2D eigenvalue weighted by molar-refractivity contribution is 0.114. The summed E-state index contributed by atoms with van der Waals surface area (Å²) in [7, 11) is 1.62. The van der Waals surface area contributed by atoms with Crippen LogP contribution < -0.4 is 43.9 Å². The Balaban J connectivity index is 0.933. The molecule has 2 heterocycles. The number of fused-ring (bicyclic) bond motifs is 6. The Labute approximate surface area is 353 Å². The van der Waals surface area contributed by atoms with E-state index in [0.29, 0.717) is 75.7 Å². The lowest BCUT2D eigenvalue weighted by Crippen LogP contribution is -2.22. The molecule has 0 spiro atoms. The van der Waals surface area contributed by atoms with Gasteiger partial charge in [-0.15, -0.1) is 0 Å². The zero-order valence-electron chi connectivity index (χ0n) is 33.2. The van der Waals surface area contributed by atoms with Crippen LogP contribution in [0.3, 0.4) is 0 Å². The molecule has 0 atom stereocenters. The van der Waals surface area contributed by atoms with Gasteiger partial charge in [0, 0.05) is 17.5 Å². The van der Waals surface area contributed by atoms with E-state index in [-0.39, 0.29) is 28.3 Å². The minimum absolute atomic E-state index is 0.0608. The summed E-state index contributed by atoms with van der Waals surface area (Å²) in [6, 6.07) is 29.5. The van der Waals surface area contributed by atoms with Crippen LogP contribution in [0.4, 0.5) is 11.4 Å². The number of unbranched alkanes of at least 4 members (excludes halogenated alkanes) is 1. The molecule has 0 bridgehead atoms. The molecule has 0 unspecified atom stereocenters. The summed E-state index contributed by atoms with van der Waals surface area (Å²) >= 11 is 14.1. The van der Waals surface area contributed by atoms with Crippen molar-refractivity contribution in [3.8, 4) is 51.7 Å². The predicted octanol–water partition coefficient (Wildman–Crippen LogP) is 12.5. The summed E-state index contributed by atoms with van der Waals surface area (Å²) in [5.74, 6) is 6.15. The SMILES string of the molecule is COc1ccc2ccc3c(c2c1)Oc1c(Cl)c2c(c(Cl)c1=N3)Oc1cc(OCOc3ccc(C)cc3)c(OCCCCOc3ccc(C4CCC(C)CC4)cc3)cc1N=2. The van der Waals surface area contributed by atoms with Crippen molar-refractivity contribution in [1.82, 2.24) is 0 Å². The third-order valence-corrected chi connectivity index (χ3v) is 11.9. The van der Waals surface area contributed by atoms with E-state index in [0.717, 1.165) is 40.8 Å². The molecule has 302 valence electrons. The Morgan fingerprint density at radius 2 is 1.25 bits per heavy atom. The largest absolute Gasteiger partial charge is 0.497 e. The number of hydrogen-bond acceptors (Lipinski definition) is 9. The molecule has 3 aliphatic rings. The standard InChI is InChI=1S/C48H44Cl2N2O7/c1-28-6-10-30(11-7-28)31-12-18-33(19-13-31)54-22-4-5-23-55-40-25-38-39(26-41(40)57-27-56-34-16-8-29(2)9-17-34)58-47-42(49)45-48(43(50)44(47)52-38)59-46-36-24-35(53-3)20-14-32(36)15-21-37(46)51-45/h8-9,12-21,24-26,28,30H,4-7,10-11,22-23,27H2,1-3H3. The molecule has 11 heteroatoms. The van der Waals surface area contributed by atoms with E-state index in [2.05, 4.69) is 31.2 Å². The maximum atomic E-state index is 7.06. The van der Waals surface area contributed by atoms with Crippen LogP contribution in [0.1, 0.15) is 62.5 Å². The third kappa shape index (κ3) is 8.19. The van der Waals surface area contributed by atoms with Crippen molar-refractivity contribution in [1.29, 1.82) is 0 Å². The molecular formula is C48H44Cl2N2O7. The van der Waals surface area contributed by atoms with Gasteiger partial charge in [-0.25, -0.2) is 9.98 Å². The van der Waals surface area contributed by atoms with Gasteiger partial charge in [0.1, 0.15) is 49.4 Å².